The van der Waals surface area contributed by atoms with Crippen LogP contribution < -0.4 is 9.80 Å². The number of pyridine rings is 1. The van der Waals surface area contributed by atoms with Gasteiger partial charge in [0.15, 0.2) is 5.65 Å². The lowest BCUT2D eigenvalue weighted by molar-refractivity contribution is -0.134. The molecule has 0 spiro atoms. The van der Waals surface area contributed by atoms with Gasteiger partial charge in [-0.1, -0.05) is 12.1 Å². The fraction of sp³-hybridized carbons (Fsp3) is 0.370. The van der Waals surface area contributed by atoms with Crippen LogP contribution in [0.3, 0.4) is 0 Å². The second-order valence-corrected chi connectivity index (χ2v) is 9.68. The minimum absolute atomic E-state index is 0.104. The van der Waals surface area contributed by atoms with Crippen LogP contribution in [0, 0.1) is 6.92 Å². The average Bonchev–Trinajstić information content (AvgIpc) is 3.31. The number of piperazine rings is 1. The summed E-state index contributed by atoms with van der Waals surface area (Å²) in [4.78, 5) is 37.6. The van der Waals surface area contributed by atoms with Crippen LogP contribution in [0.4, 0.5) is 11.4 Å². The number of imidazole rings is 1. The number of fused-ring (bicyclic) bond motifs is 2. The Hall–Kier alpha value is -4.01. The largest absolute Gasteiger partial charge is 0.367 e. The van der Waals surface area contributed by atoms with Gasteiger partial charge < -0.3 is 19.3 Å². The number of rotatable bonds is 4. The Kier molecular flexibility index (Phi) is 5.75. The summed E-state index contributed by atoms with van der Waals surface area (Å²) in [6, 6.07) is 10.5. The monoisotopic (exact) mass is 482 g/mol. The molecule has 1 amide bonds. The van der Waals surface area contributed by atoms with Crippen molar-refractivity contribution in [3.8, 4) is 0 Å². The summed E-state index contributed by atoms with van der Waals surface area (Å²) in [6.45, 7) is 8.41. The summed E-state index contributed by atoms with van der Waals surface area (Å²) < 4.78 is 1.84. The quantitative estimate of drug-likeness (QED) is 0.442. The lowest BCUT2D eigenvalue weighted by atomic mass is 9.96. The van der Waals surface area contributed by atoms with Crippen molar-refractivity contribution >= 4 is 28.4 Å². The van der Waals surface area contributed by atoms with E-state index in [4.69, 9.17) is 0 Å². The Morgan fingerprint density at radius 3 is 2.69 bits per heavy atom. The van der Waals surface area contributed by atoms with Crippen molar-refractivity contribution in [2.75, 3.05) is 36.0 Å². The summed E-state index contributed by atoms with van der Waals surface area (Å²) in [5, 5.41) is 0. The number of benzene rings is 1. The van der Waals surface area contributed by atoms with Crippen LogP contribution in [0.15, 0.2) is 55.2 Å². The molecule has 0 radical (unpaired) electrons. The molecule has 9 heteroatoms. The zero-order valence-corrected chi connectivity index (χ0v) is 20.7. The van der Waals surface area contributed by atoms with Gasteiger partial charge in [-0.05, 0) is 49.6 Å². The van der Waals surface area contributed by atoms with Gasteiger partial charge in [-0.25, -0.2) is 19.9 Å². The van der Waals surface area contributed by atoms with Gasteiger partial charge in [0, 0.05) is 50.6 Å². The Labute approximate surface area is 210 Å². The second-order valence-electron chi connectivity index (χ2n) is 9.68. The Balaban J connectivity index is 1.17. The highest BCUT2D eigenvalue weighted by atomic mass is 16.2. The van der Waals surface area contributed by atoms with E-state index in [-0.39, 0.29) is 18.5 Å². The summed E-state index contributed by atoms with van der Waals surface area (Å²) in [6.07, 6.45) is 8.28. The van der Waals surface area contributed by atoms with Crippen LogP contribution in [0.5, 0.6) is 0 Å². The maximum Gasteiger partial charge on any atom is 0.242 e. The van der Waals surface area contributed by atoms with E-state index in [0.29, 0.717) is 6.54 Å². The minimum Gasteiger partial charge on any atom is -0.367 e. The van der Waals surface area contributed by atoms with E-state index in [1.54, 1.807) is 12.5 Å². The third-order valence-electron chi connectivity index (χ3n) is 7.35. The van der Waals surface area contributed by atoms with Gasteiger partial charge in [-0.15, -0.1) is 0 Å². The standard InChI is InChI=1S/C27H30N8O/c1-19-15-33(11-12-35(19)26(36)17-34-18-31-24-6-4-9-28-27(24)34)25-7-3-5-21-8-10-32(16-23(21)25)22-13-29-20(2)30-14-22/h3-7,9,13-14,18-19H,8,10-12,15-17H2,1-2H3/t19-/m1/s1. The number of amides is 1. The number of hydrogen-bond acceptors (Lipinski definition) is 7. The summed E-state index contributed by atoms with van der Waals surface area (Å²) in [5.41, 5.74) is 6.66. The van der Waals surface area contributed by atoms with Gasteiger partial charge >= 0.3 is 0 Å². The van der Waals surface area contributed by atoms with Crippen molar-refractivity contribution in [2.24, 2.45) is 0 Å². The van der Waals surface area contributed by atoms with E-state index >= 15 is 0 Å². The first-order valence-electron chi connectivity index (χ1n) is 12.5. The van der Waals surface area contributed by atoms with Gasteiger partial charge in [-0.2, -0.15) is 0 Å². The molecule has 0 N–H and O–H groups in total. The molecule has 2 aliphatic heterocycles. The summed E-state index contributed by atoms with van der Waals surface area (Å²) in [5.74, 6) is 0.892. The molecule has 2 aliphatic rings. The first-order chi connectivity index (χ1) is 17.6. The van der Waals surface area contributed by atoms with Gasteiger partial charge in [0.25, 0.3) is 0 Å². The predicted molar refractivity (Wildman–Crippen MR) is 139 cm³/mol. The SMILES string of the molecule is Cc1ncc(N2CCc3cccc(N4CCN(C(=O)Cn5cnc6cccnc65)[C@H](C)C4)c3C2)cn1. The van der Waals surface area contributed by atoms with Gasteiger partial charge in [0.2, 0.25) is 5.91 Å². The van der Waals surface area contributed by atoms with Crippen LogP contribution in [-0.2, 0) is 24.3 Å². The molecule has 1 aromatic carbocycles. The number of carbonyl (C=O) groups is 1. The second kappa shape index (κ2) is 9.22. The van der Waals surface area contributed by atoms with Crippen molar-refractivity contribution in [1.82, 2.24) is 29.4 Å². The molecule has 1 fully saturated rings. The van der Waals surface area contributed by atoms with Crippen LogP contribution in [0.1, 0.15) is 23.9 Å². The first kappa shape index (κ1) is 22.5. The average molecular weight is 483 g/mol. The highest BCUT2D eigenvalue weighted by Gasteiger charge is 2.30. The van der Waals surface area contributed by atoms with Crippen molar-refractivity contribution < 1.29 is 4.79 Å². The van der Waals surface area contributed by atoms with Crippen molar-refractivity contribution in [1.29, 1.82) is 0 Å². The molecule has 1 saturated heterocycles. The summed E-state index contributed by atoms with van der Waals surface area (Å²) >= 11 is 0. The van der Waals surface area contributed by atoms with E-state index in [0.717, 1.165) is 55.3 Å². The highest BCUT2D eigenvalue weighted by molar-refractivity contribution is 5.79. The molecular formula is C27H30N8O. The topological polar surface area (TPSA) is 83.3 Å². The summed E-state index contributed by atoms with van der Waals surface area (Å²) in [7, 11) is 0. The number of hydrogen-bond donors (Lipinski definition) is 0. The molecule has 1 atom stereocenters. The number of nitrogens with zero attached hydrogens (tertiary/aromatic N) is 8. The van der Waals surface area contributed by atoms with E-state index in [9.17, 15) is 4.79 Å². The van der Waals surface area contributed by atoms with Gasteiger partial charge in [-0.3, -0.25) is 4.79 Å². The lowest BCUT2D eigenvalue weighted by Crippen LogP contribution is -2.55. The molecule has 184 valence electrons. The van der Waals surface area contributed by atoms with Gasteiger partial charge in [0.1, 0.15) is 17.9 Å². The molecule has 0 unspecified atom stereocenters. The maximum atomic E-state index is 13.2. The number of anilines is 2. The molecule has 0 saturated carbocycles. The van der Waals surface area contributed by atoms with E-state index in [1.807, 2.05) is 40.9 Å². The fourth-order valence-electron chi connectivity index (χ4n) is 5.43. The molecule has 4 aromatic rings. The van der Waals surface area contributed by atoms with Crippen LogP contribution in [0.25, 0.3) is 11.2 Å². The molecule has 9 nitrogen and oxygen atoms in total. The smallest absolute Gasteiger partial charge is 0.242 e. The normalized spacial score (nSPS) is 17.9. The van der Waals surface area contributed by atoms with Crippen molar-refractivity contribution in [2.45, 2.75) is 39.4 Å². The van der Waals surface area contributed by atoms with Crippen LogP contribution in [-0.4, -0.2) is 67.5 Å². The zero-order chi connectivity index (χ0) is 24.6. The van der Waals surface area contributed by atoms with Gasteiger partial charge in [0.05, 0.1) is 24.4 Å². The fourth-order valence-corrected chi connectivity index (χ4v) is 5.43. The minimum atomic E-state index is 0.104. The van der Waals surface area contributed by atoms with E-state index in [2.05, 4.69) is 54.9 Å². The highest BCUT2D eigenvalue weighted by Crippen LogP contribution is 2.32. The number of aromatic nitrogens is 5. The first-order valence-corrected chi connectivity index (χ1v) is 12.5. The Morgan fingerprint density at radius 1 is 1.00 bits per heavy atom. The van der Waals surface area contributed by atoms with E-state index in [1.165, 1.54) is 16.8 Å². The maximum absolute atomic E-state index is 13.2. The number of aryl methyl sites for hydroxylation is 1. The van der Waals surface area contributed by atoms with E-state index < -0.39 is 0 Å². The molecule has 0 aliphatic carbocycles. The Morgan fingerprint density at radius 2 is 1.86 bits per heavy atom. The molecule has 5 heterocycles. The third kappa shape index (κ3) is 4.14. The van der Waals surface area contributed by atoms with Crippen molar-refractivity contribution in [3.05, 3.63) is 72.2 Å². The third-order valence-corrected chi connectivity index (χ3v) is 7.35. The zero-order valence-electron chi connectivity index (χ0n) is 20.7. The van der Waals surface area contributed by atoms with Crippen LogP contribution >= 0.6 is 0 Å². The number of carbonyl (C=O) groups excluding carboxylic acids is 1. The predicted octanol–water partition coefficient (Wildman–Crippen LogP) is 2.83. The molecule has 36 heavy (non-hydrogen) atoms. The molecule has 0 bridgehead atoms. The van der Waals surface area contributed by atoms with Crippen molar-refractivity contribution in [3.63, 3.8) is 0 Å². The molecular weight excluding hydrogens is 452 g/mol. The Bertz CT molecular complexity index is 1400. The molecule has 6 rings (SSSR count). The van der Waals surface area contributed by atoms with Crippen LogP contribution in [0.2, 0.25) is 0 Å². The molecule has 3 aromatic heterocycles. The lowest BCUT2D eigenvalue weighted by Gasteiger charge is -2.43.